The molecule has 0 bridgehead atoms. The predicted molar refractivity (Wildman–Crippen MR) is 104 cm³/mol. The molecule has 1 aromatic heterocycles. The van der Waals surface area contributed by atoms with Crippen molar-refractivity contribution < 1.29 is 9.90 Å². The molecule has 0 aliphatic heterocycles. The van der Waals surface area contributed by atoms with Gasteiger partial charge in [-0.05, 0) is 37.3 Å². The molecule has 0 fully saturated rings. The highest BCUT2D eigenvalue weighted by molar-refractivity contribution is 9.10. The Labute approximate surface area is 157 Å². The number of halogens is 1. The summed E-state index contributed by atoms with van der Waals surface area (Å²) in [4.78, 5) is 15.9. The number of aryl methyl sites for hydroxylation is 1. The number of thioether (sulfide) groups is 1. The van der Waals surface area contributed by atoms with E-state index in [0.29, 0.717) is 11.1 Å². The second-order valence-corrected chi connectivity index (χ2v) is 7.60. The third-order valence-corrected chi connectivity index (χ3v) is 5.09. The number of aromatic amines is 1. The minimum absolute atomic E-state index is 0.0984. The lowest BCUT2D eigenvalue weighted by Gasteiger charge is -2.00. The summed E-state index contributed by atoms with van der Waals surface area (Å²) < 4.78 is 0.858. The molecule has 2 N–H and O–H groups in total. The molecule has 128 valence electrons. The molecule has 7 heteroatoms. The van der Waals surface area contributed by atoms with E-state index in [9.17, 15) is 9.90 Å². The second kappa shape index (κ2) is 7.84. The van der Waals surface area contributed by atoms with Gasteiger partial charge in [-0.15, -0.1) is 22.0 Å². The highest BCUT2D eigenvalue weighted by atomic mass is 79.9. The number of H-pyrrole nitrogens is 1. The largest absolute Gasteiger partial charge is 0.493 e. The summed E-state index contributed by atoms with van der Waals surface area (Å²) in [7, 11) is 0. The standard InChI is InChI=1S/C18H16BrN3O2S/c1-11-2-5-13(6-3-11)25-9-8-16(23)21-22-17-14-10-12(19)4-7-15(14)20-18(17)24/h2-7,10,20,24H,8-9H2,1H3. The van der Waals surface area contributed by atoms with Gasteiger partial charge in [0.1, 0.15) is 0 Å². The number of carbonyl (C=O) groups excluding carboxylic acids is 1. The number of rotatable bonds is 5. The molecule has 0 aliphatic rings. The normalized spacial score (nSPS) is 11.4. The van der Waals surface area contributed by atoms with Crippen LogP contribution < -0.4 is 0 Å². The number of hydrogen-bond donors (Lipinski definition) is 2. The Morgan fingerprint density at radius 3 is 2.76 bits per heavy atom. The Bertz CT molecular complexity index is 935. The zero-order valence-corrected chi connectivity index (χ0v) is 15.9. The van der Waals surface area contributed by atoms with E-state index in [1.165, 1.54) is 5.56 Å². The summed E-state index contributed by atoms with van der Waals surface area (Å²) in [5.41, 5.74) is 2.22. The molecular formula is C18H16BrN3O2S. The smallest absolute Gasteiger partial charge is 0.265 e. The summed E-state index contributed by atoms with van der Waals surface area (Å²) in [6.45, 7) is 2.04. The average molecular weight is 418 g/mol. The van der Waals surface area contributed by atoms with Crippen molar-refractivity contribution in [1.82, 2.24) is 4.98 Å². The molecule has 3 aromatic rings. The first kappa shape index (κ1) is 17.7. The fourth-order valence-corrected chi connectivity index (χ4v) is 3.49. The van der Waals surface area contributed by atoms with Crippen LogP contribution in [0, 0.1) is 6.92 Å². The van der Waals surface area contributed by atoms with Gasteiger partial charge >= 0.3 is 0 Å². The Morgan fingerprint density at radius 2 is 2.00 bits per heavy atom. The molecule has 2 aromatic carbocycles. The number of aromatic nitrogens is 1. The predicted octanol–water partition coefficient (Wildman–Crippen LogP) is 5.74. The van der Waals surface area contributed by atoms with Crippen LogP contribution in [-0.4, -0.2) is 21.8 Å². The van der Waals surface area contributed by atoms with E-state index in [0.717, 1.165) is 14.9 Å². The van der Waals surface area contributed by atoms with Crippen LogP contribution in [0.4, 0.5) is 5.69 Å². The maximum absolute atomic E-state index is 11.9. The zero-order valence-electron chi connectivity index (χ0n) is 13.5. The minimum Gasteiger partial charge on any atom is -0.493 e. The van der Waals surface area contributed by atoms with Crippen LogP contribution in [0.1, 0.15) is 12.0 Å². The maximum Gasteiger partial charge on any atom is 0.265 e. The first-order valence-corrected chi connectivity index (χ1v) is 9.45. The second-order valence-electron chi connectivity index (χ2n) is 5.52. The van der Waals surface area contributed by atoms with E-state index in [-0.39, 0.29) is 23.9 Å². The molecule has 0 spiro atoms. The molecule has 1 amide bonds. The number of benzene rings is 2. The first-order valence-electron chi connectivity index (χ1n) is 7.67. The van der Waals surface area contributed by atoms with Crippen LogP contribution in [-0.2, 0) is 4.79 Å². The van der Waals surface area contributed by atoms with E-state index >= 15 is 0 Å². The van der Waals surface area contributed by atoms with E-state index in [1.54, 1.807) is 11.8 Å². The quantitative estimate of drug-likeness (QED) is 0.410. The highest BCUT2D eigenvalue weighted by Crippen LogP contribution is 2.36. The van der Waals surface area contributed by atoms with Crippen molar-refractivity contribution >= 4 is 50.2 Å². The molecule has 0 saturated heterocycles. The molecule has 0 atom stereocenters. The van der Waals surface area contributed by atoms with Crippen LogP contribution in [0.5, 0.6) is 5.88 Å². The van der Waals surface area contributed by atoms with E-state index in [2.05, 4.69) is 31.1 Å². The Balaban J connectivity index is 1.62. The van der Waals surface area contributed by atoms with Crippen molar-refractivity contribution in [1.29, 1.82) is 0 Å². The molecule has 0 unspecified atom stereocenters. The van der Waals surface area contributed by atoms with Gasteiger partial charge in [0.2, 0.25) is 5.88 Å². The van der Waals surface area contributed by atoms with Crippen LogP contribution in [0.2, 0.25) is 0 Å². The van der Waals surface area contributed by atoms with Crippen LogP contribution in [0.15, 0.2) is 62.1 Å². The molecule has 25 heavy (non-hydrogen) atoms. The molecule has 1 heterocycles. The van der Waals surface area contributed by atoms with Crippen LogP contribution >= 0.6 is 27.7 Å². The van der Waals surface area contributed by atoms with E-state index in [1.807, 2.05) is 49.4 Å². The van der Waals surface area contributed by atoms with Gasteiger partial charge in [0.15, 0.2) is 5.69 Å². The topological polar surface area (TPSA) is 77.8 Å². The number of nitrogens with one attached hydrogen (secondary N) is 1. The summed E-state index contributed by atoms with van der Waals surface area (Å²) in [6.07, 6.45) is 0.287. The SMILES string of the molecule is Cc1ccc(SCCC(=O)N=Nc2c(O)[nH]c3ccc(Br)cc23)cc1. The maximum atomic E-state index is 11.9. The van der Waals surface area contributed by atoms with E-state index in [4.69, 9.17) is 0 Å². The van der Waals surface area contributed by atoms with Crippen molar-refractivity contribution in [3.05, 3.63) is 52.5 Å². The zero-order chi connectivity index (χ0) is 17.8. The van der Waals surface area contributed by atoms with Gasteiger partial charge in [-0.1, -0.05) is 33.6 Å². The molecular weight excluding hydrogens is 402 g/mol. The summed E-state index contributed by atoms with van der Waals surface area (Å²) in [6, 6.07) is 13.6. The lowest BCUT2D eigenvalue weighted by Crippen LogP contribution is -1.93. The van der Waals surface area contributed by atoms with Crippen molar-refractivity contribution in [2.75, 3.05) is 5.75 Å². The van der Waals surface area contributed by atoms with Crippen LogP contribution in [0.25, 0.3) is 10.9 Å². The van der Waals surface area contributed by atoms with Gasteiger partial charge in [0.25, 0.3) is 5.91 Å². The van der Waals surface area contributed by atoms with Crippen molar-refractivity contribution in [3.8, 4) is 5.88 Å². The molecule has 3 rings (SSSR count). The fourth-order valence-electron chi connectivity index (χ4n) is 2.28. The lowest BCUT2D eigenvalue weighted by molar-refractivity contribution is -0.117. The number of hydrogen-bond acceptors (Lipinski definition) is 4. The Kier molecular flexibility index (Phi) is 5.55. The van der Waals surface area contributed by atoms with E-state index < -0.39 is 0 Å². The fraction of sp³-hybridized carbons (Fsp3) is 0.167. The minimum atomic E-state index is -0.316. The number of nitrogens with zero attached hydrogens (tertiary/aromatic N) is 2. The number of fused-ring (bicyclic) bond motifs is 1. The van der Waals surface area contributed by atoms with Crippen molar-refractivity contribution in [2.24, 2.45) is 10.2 Å². The van der Waals surface area contributed by atoms with Gasteiger partial charge in [0, 0.05) is 26.9 Å². The highest BCUT2D eigenvalue weighted by Gasteiger charge is 2.11. The van der Waals surface area contributed by atoms with Crippen molar-refractivity contribution in [3.63, 3.8) is 0 Å². The Morgan fingerprint density at radius 1 is 1.24 bits per heavy atom. The molecule has 0 saturated carbocycles. The average Bonchev–Trinajstić information content (AvgIpc) is 2.89. The van der Waals surface area contributed by atoms with Gasteiger partial charge in [-0.2, -0.15) is 0 Å². The van der Waals surface area contributed by atoms with Crippen molar-refractivity contribution in [2.45, 2.75) is 18.2 Å². The van der Waals surface area contributed by atoms with Gasteiger partial charge in [-0.25, -0.2) is 0 Å². The first-order chi connectivity index (χ1) is 12.0. The molecule has 0 aliphatic carbocycles. The number of carbonyl (C=O) groups is 1. The van der Waals surface area contributed by atoms with Gasteiger partial charge < -0.3 is 10.1 Å². The number of azo groups is 1. The summed E-state index contributed by atoms with van der Waals surface area (Å²) in [5, 5.41) is 18.3. The lowest BCUT2D eigenvalue weighted by atomic mass is 10.2. The van der Waals surface area contributed by atoms with Crippen LogP contribution in [0.3, 0.4) is 0 Å². The molecule has 5 nitrogen and oxygen atoms in total. The third-order valence-electron chi connectivity index (χ3n) is 3.58. The van der Waals surface area contributed by atoms with Gasteiger partial charge in [0.05, 0.1) is 5.52 Å². The molecule has 0 radical (unpaired) electrons. The number of amides is 1. The Hall–Kier alpha value is -2.12. The van der Waals surface area contributed by atoms with Gasteiger partial charge in [-0.3, -0.25) is 4.79 Å². The number of aromatic hydroxyl groups is 1. The monoisotopic (exact) mass is 417 g/mol. The summed E-state index contributed by atoms with van der Waals surface area (Å²) >= 11 is 4.98. The summed E-state index contributed by atoms with van der Waals surface area (Å²) in [5.74, 6) is 0.217. The third kappa shape index (κ3) is 4.49.